The predicted molar refractivity (Wildman–Crippen MR) is 64.9 cm³/mol. The summed E-state index contributed by atoms with van der Waals surface area (Å²) in [6.45, 7) is 0. The highest BCUT2D eigenvalue weighted by Crippen LogP contribution is 2.30. The van der Waals surface area contributed by atoms with Gasteiger partial charge < -0.3 is 4.98 Å². The SMILES string of the molecule is O=C1c2ccsc2CCC1Cc1cnc[nH]1.[HH]. The average Bonchev–Trinajstić information content (AvgIpc) is 2.93. The van der Waals surface area contributed by atoms with E-state index < -0.39 is 0 Å². The van der Waals surface area contributed by atoms with Crippen molar-refractivity contribution in [3.05, 3.63) is 40.1 Å². The molecular weight excluding hydrogens is 220 g/mol. The van der Waals surface area contributed by atoms with Gasteiger partial charge in [-0.2, -0.15) is 0 Å². The van der Waals surface area contributed by atoms with Crippen LogP contribution in [0.4, 0.5) is 0 Å². The summed E-state index contributed by atoms with van der Waals surface area (Å²) in [4.78, 5) is 20.5. The lowest BCUT2D eigenvalue weighted by Crippen LogP contribution is -2.23. The van der Waals surface area contributed by atoms with Crippen LogP contribution in [0.2, 0.25) is 0 Å². The third-order valence-electron chi connectivity index (χ3n) is 3.12. The number of carbonyl (C=O) groups excluding carboxylic acids is 1. The van der Waals surface area contributed by atoms with Gasteiger partial charge in [0.15, 0.2) is 5.78 Å². The van der Waals surface area contributed by atoms with E-state index in [1.54, 1.807) is 23.9 Å². The molecule has 0 fully saturated rings. The highest BCUT2D eigenvalue weighted by atomic mass is 32.1. The topological polar surface area (TPSA) is 45.8 Å². The number of aryl methyl sites for hydroxylation is 1. The monoisotopic (exact) mass is 234 g/mol. The lowest BCUT2D eigenvalue weighted by atomic mass is 9.84. The molecule has 0 saturated carbocycles. The Balaban J connectivity index is 0.00000108. The van der Waals surface area contributed by atoms with E-state index in [4.69, 9.17) is 0 Å². The fourth-order valence-corrected chi connectivity index (χ4v) is 3.17. The summed E-state index contributed by atoms with van der Waals surface area (Å²) < 4.78 is 0. The third-order valence-corrected chi connectivity index (χ3v) is 4.10. The van der Waals surface area contributed by atoms with Gasteiger partial charge >= 0.3 is 0 Å². The lowest BCUT2D eigenvalue weighted by Gasteiger charge is -2.19. The van der Waals surface area contributed by atoms with Crippen molar-refractivity contribution in [3.8, 4) is 0 Å². The number of hydrogen-bond acceptors (Lipinski definition) is 3. The summed E-state index contributed by atoms with van der Waals surface area (Å²) in [6.07, 6.45) is 6.26. The van der Waals surface area contributed by atoms with E-state index in [0.717, 1.165) is 30.5 Å². The van der Waals surface area contributed by atoms with E-state index in [0.29, 0.717) is 5.78 Å². The Kier molecular flexibility index (Phi) is 2.36. The first-order valence-electron chi connectivity index (χ1n) is 5.42. The number of H-pyrrole nitrogens is 1. The number of ketones is 1. The van der Waals surface area contributed by atoms with Crippen LogP contribution in [0, 0.1) is 5.92 Å². The van der Waals surface area contributed by atoms with Gasteiger partial charge in [-0.1, -0.05) is 0 Å². The van der Waals surface area contributed by atoms with Crippen molar-refractivity contribution in [3.63, 3.8) is 0 Å². The minimum Gasteiger partial charge on any atom is -0.348 e. The van der Waals surface area contributed by atoms with Gasteiger partial charge in [0.25, 0.3) is 0 Å². The Morgan fingerprint density at radius 2 is 2.56 bits per heavy atom. The number of Topliss-reactive ketones (excluding diaryl/α,β-unsaturated/α-hetero) is 1. The van der Waals surface area contributed by atoms with Crippen LogP contribution >= 0.6 is 11.3 Å². The minimum atomic E-state index is 0. The average molecular weight is 234 g/mol. The summed E-state index contributed by atoms with van der Waals surface area (Å²) in [5.41, 5.74) is 2.00. The Labute approximate surface area is 99.0 Å². The lowest BCUT2D eigenvalue weighted by molar-refractivity contribution is 0.0902. The maximum atomic E-state index is 12.2. The maximum Gasteiger partial charge on any atom is 0.167 e. The molecule has 1 aliphatic rings. The van der Waals surface area contributed by atoms with Gasteiger partial charge in [-0.15, -0.1) is 11.3 Å². The fourth-order valence-electron chi connectivity index (χ4n) is 2.27. The van der Waals surface area contributed by atoms with E-state index in [-0.39, 0.29) is 7.34 Å². The second kappa shape index (κ2) is 3.87. The van der Waals surface area contributed by atoms with Crippen molar-refractivity contribution >= 4 is 17.1 Å². The van der Waals surface area contributed by atoms with Crippen LogP contribution in [0.1, 0.15) is 28.8 Å². The van der Waals surface area contributed by atoms with E-state index in [1.807, 2.05) is 11.4 Å². The molecule has 0 saturated heterocycles. The highest BCUT2D eigenvalue weighted by Gasteiger charge is 2.28. The van der Waals surface area contributed by atoms with Crippen molar-refractivity contribution in [1.29, 1.82) is 0 Å². The van der Waals surface area contributed by atoms with Gasteiger partial charge in [-0.25, -0.2) is 4.98 Å². The normalized spacial score (nSPS) is 19.8. The Bertz CT molecular complexity index is 506. The van der Waals surface area contributed by atoms with Gasteiger partial charge in [0.2, 0.25) is 0 Å². The van der Waals surface area contributed by atoms with Crippen molar-refractivity contribution < 1.29 is 6.22 Å². The molecule has 2 aromatic heterocycles. The first-order chi connectivity index (χ1) is 7.84. The summed E-state index contributed by atoms with van der Waals surface area (Å²) in [7, 11) is 0. The molecule has 0 aliphatic heterocycles. The minimum absolute atomic E-state index is 0. The van der Waals surface area contributed by atoms with Crippen LogP contribution in [0.5, 0.6) is 0 Å². The van der Waals surface area contributed by atoms with Crippen LogP contribution < -0.4 is 0 Å². The molecule has 1 atom stereocenters. The molecule has 84 valence electrons. The number of aromatic nitrogens is 2. The predicted octanol–water partition coefficient (Wildman–Crippen LogP) is 2.71. The fraction of sp³-hybridized carbons (Fsp3) is 0.333. The standard InChI is InChI=1S/C12H12N2OS.H2/c15-12-8(5-9-6-13-7-14-9)1-2-11-10(12)3-4-16-11;/h3-4,6-8H,1-2,5H2,(H,13,14);1H. The largest absolute Gasteiger partial charge is 0.348 e. The smallest absolute Gasteiger partial charge is 0.167 e. The molecule has 0 spiro atoms. The molecule has 1 unspecified atom stereocenters. The first kappa shape index (κ1) is 9.78. The number of nitrogens with zero attached hydrogens (tertiary/aromatic N) is 1. The third kappa shape index (κ3) is 1.59. The van der Waals surface area contributed by atoms with E-state index in [2.05, 4.69) is 9.97 Å². The van der Waals surface area contributed by atoms with Crippen molar-refractivity contribution in [2.45, 2.75) is 19.3 Å². The number of rotatable bonds is 2. The maximum absolute atomic E-state index is 12.2. The van der Waals surface area contributed by atoms with E-state index in [1.165, 1.54) is 4.88 Å². The van der Waals surface area contributed by atoms with Gasteiger partial charge in [-0.3, -0.25) is 4.79 Å². The number of thiophene rings is 1. The van der Waals surface area contributed by atoms with E-state index in [9.17, 15) is 4.79 Å². The Morgan fingerprint density at radius 1 is 1.62 bits per heavy atom. The number of carbonyl (C=O) groups is 1. The van der Waals surface area contributed by atoms with Crippen LogP contribution in [0.15, 0.2) is 24.0 Å². The van der Waals surface area contributed by atoms with Crippen LogP contribution in [-0.4, -0.2) is 15.8 Å². The van der Waals surface area contributed by atoms with Crippen LogP contribution in [-0.2, 0) is 12.8 Å². The molecule has 16 heavy (non-hydrogen) atoms. The van der Waals surface area contributed by atoms with Crippen molar-refractivity contribution in [1.82, 2.24) is 9.97 Å². The molecule has 4 heteroatoms. The van der Waals surface area contributed by atoms with E-state index >= 15 is 0 Å². The van der Waals surface area contributed by atoms with Crippen molar-refractivity contribution in [2.75, 3.05) is 0 Å². The van der Waals surface area contributed by atoms with Gasteiger partial charge in [0.05, 0.1) is 6.33 Å². The number of nitrogens with one attached hydrogen (secondary N) is 1. The summed E-state index contributed by atoms with van der Waals surface area (Å²) in [5, 5.41) is 2.02. The molecule has 0 aromatic carbocycles. The molecule has 1 N–H and O–H groups in total. The molecule has 3 rings (SSSR count). The zero-order valence-corrected chi connectivity index (χ0v) is 9.59. The zero-order valence-electron chi connectivity index (χ0n) is 8.77. The molecule has 0 radical (unpaired) electrons. The van der Waals surface area contributed by atoms with Gasteiger partial charge in [0.1, 0.15) is 0 Å². The van der Waals surface area contributed by atoms with Crippen LogP contribution in [0.3, 0.4) is 0 Å². The first-order valence-corrected chi connectivity index (χ1v) is 6.30. The van der Waals surface area contributed by atoms with Crippen molar-refractivity contribution in [2.24, 2.45) is 5.92 Å². The molecular formula is C12H14N2OS. The van der Waals surface area contributed by atoms with Gasteiger partial charge in [-0.05, 0) is 30.7 Å². The number of aromatic amines is 1. The molecule has 0 bridgehead atoms. The molecule has 0 amide bonds. The summed E-state index contributed by atoms with van der Waals surface area (Å²) in [6, 6.07) is 1.96. The quantitative estimate of drug-likeness (QED) is 0.868. The number of hydrogen-bond donors (Lipinski definition) is 1. The molecule has 2 aromatic rings. The molecule has 3 nitrogen and oxygen atoms in total. The second-order valence-electron chi connectivity index (χ2n) is 4.14. The van der Waals surface area contributed by atoms with Gasteiger partial charge in [0, 0.05) is 29.7 Å². The summed E-state index contributed by atoms with van der Waals surface area (Å²) in [5.74, 6) is 0.430. The Hall–Kier alpha value is -1.42. The highest BCUT2D eigenvalue weighted by molar-refractivity contribution is 7.10. The zero-order chi connectivity index (χ0) is 11.0. The number of imidazole rings is 1. The Morgan fingerprint density at radius 3 is 3.38 bits per heavy atom. The summed E-state index contributed by atoms with van der Waals surface area (Å²) >= 11 is 1.70. The number of fused-ring (bicyclic) bond motifs is 1. The molecule has 1 aliphatic carbocycles. The molecule has 2 heterocycles. The second-order valence-corrected chi connectivity index (χ2v) is 5.14. The van der Waals surface area contributed by atoms with Crippen LogP contribution in [0.25, 0.3) is 0 Å².